The number of hydrogen-bond donors (Lipinski definition) is 1. The smallest absolute Gasteiger partial charge is 0.406 e. The molecule has 1 aliphatic rings. The lowest BCUT2D eigenvalue weighted by Gasteiger charge is -2.30. The number of amidine groups is 1. The Labute approximate surface area is 232 Å². The molecule has 1 aliphatic heterocycles. The molecule has 38 heavy (non-hydrogen) atoms. The number of aliphatic imine (C=N–C) groups is 1. The molecule has 0 bridgehead atoms. The van der Waals surface area contributed by atoms with E-state index in [0.29, 0.717) is 21.6 Å². The number of alkyl halides is 3. The molecule has 4 rings (SSSR count). The van der Waals surface area contributed by atoms with Crippen LogP contribution in [0.2, 0.25) is 5.02 Å². The normalized spacial score (nSPS) is 16.8. The van der Waals surface area contributed by atoms with Gasteiger partial charge in [0.1, 0.15) is 5.75 Å². The SMILES string of the molecule is CS/C(N)=N\C(=N\Sc1ccc(OC(F)(F)F)cc1)N1CCC(c2ccccc2)C(c2ccc(Cl)cc2)=N1. The molecular formula is C26H23ClF3N5OS2. The first-order valence-electron chi connectivity index (χ1n) is 11.4. The second kappa shape index (κ2) is 12.6. The summed E-state index contributed by atoms with van der Waals surface area (Å²) >= 11 is 8.44. The molecule has 3 aromatic rings. The van der Waals surface area contributed by atoms with Gasteiger partial charge in [0.2, 0.25) is 0 Å². The molecule has 0 saturated carbocycles. The molecule has 0 radical (unpaired) electrons. The zero-order chi connectivity index (χ0) is 27.1. The molecule has 0 saturated heterocycles. The first-order chi connectivity index (χ1) is 18.2. The number of nitrogens with zero attached hydrogens (tertiary/aromatic N) is 4. The van der Waals surface area contributed by atoms with Gasteiger partial charge in [0.15, 0.2) is 5.17 Å². The predicted molar refractivity (Wildman–Crippen MR) is 150 cm³/mol. The van der Waals surface area contributed by atoms with Gasteiger partial charge < -0.3 is 10.5 Å². The summed E-state index contributed by atoms with van der Waals surface area (Å²) in [4.78, 5) is 5.04. The van der Waals surface area contributed by atoms with E-state index in [1.807, 2.05) is 42.5 Å². The minimum Gasteiger partial charge on any atom is -0.406 e. The Bertz CT molecular complexity index is 1320. The summed E-state index contributed by atoms with van der Waals surface area (Å²) in [6.07, 6.45) is -2.21. The van der Waals surface area contributed by atoms with E-state index in [2.05, 4.69) is 26.3 Å². The van der Waals surface area contributed by atoms with Gasteiger partial charge in [-0.05, 0) is 60.2 Å². The topological polar surface area (TPSA) is 75.6 Å². The number of thioether (sulfide) groups is 1. The lowest BCUT2D eigenvalue weighted by molar-refractivity contribution is -0.274. The number of hydrazone groups is 1. The van der Waals surface area contributed by atoms with Crippen molar-refractivity contribution in [3.63, 3.8) is 0 Å². The van der Waals surface area contributed by atoms with Crippen LogP contribution in [0.3, 0.4) is 0 Å². The molecular weight excluding hydrogens is 555 g/mol. The molecule has 3 aromatic carbocycles. The predicted octanol–water partition coefficient (Wildman–Crippen LogP) is 7.17. The molecule has 0 aromatic heterocycles. The van der Waals surface area contributed by atoms with Crippen molar-refractivity contribution in [2.75, 3.05) is 12.8 Å². The van der Waals surface area contributed by atoms with Crippen LogP contribution in [0, 0.1) is 0 Å². The average molecular weight is 578 g/mol. The minimum absolute atomic E-state index is 0.0468. The maximum absolute atomic E-state index is 12.5. The molecule has 1 unspecified atom stereocenters. The van der Waals surface area contributed by atoms with E-state index < -0.39 is 6.36 Å². The highest BCUT2D eigenvalue weighted by Crippen LogP contribution is 2.31. The number of halogens is 4. The maximum atomic E-state index is 12.5. The summed E-state index contributed by atoms with van der Waals surface area (Å²) in [5.41, 5.74) is 8.91. The van der Waals surface area contributed by atoms with E-state index >= 15 is 0 Å². The zero-order valence-electron chi connectivity index (χ0n) is 20.1. The largest absolute Gasteiger partial charge is 0.573 e. The Morgan fingerprint density at radius 1 is 1.05 bits per heavy atom. The van der Waals surface area contributed by atoms with Crippen LogP contribution in [0.15, 0.2) is 98.2 Å². The Kier molecular flexibility index (Phi) is 9.24. The lowest BCUT2D eigenvalue weighted by Crippen LogP contribution is -2.35. The highest BCUT2D eigenvalue weighted by atomic mass is 35.5. The number of nitrogens with two attached hydrogens (primary N) is 1. The summed E-state index contributed by atoms with van der Waals surface area (Å²) in [6.45, 7) is 0.527. The first kappa shape index (κ1) is 27.9. The molecule has 2 N–H and O–H groups in total. The van der Waals surface area contributed by atoms with Gasteiger partial charge in [0.05, 0.1) is 5.71 Å². The highest BCUT2D eigenvalue weighted by Gasteiger charge is 2.31. The van der Waals surface area contributed by atoms with Crippen LogP contribution in [0.1, 0.15) is 23.5 Å². The fourth-order valence-electron chi connectivity index (χ4n) is 3.74. The van der Waals surface area contributed by atoms with Gasteiger partial charge in [0, 0.05) is 34.3 Å². The fourth-order valence-corrected chi connectivity index (χ4v) is 4.62. The Balaban J connectivity index is 1.66. The molecule has 0 spiro atoms. The Morgan fingerprint density at radius 3 is 2.37 bits per heavy atom. The third-order valence-electron chi connectivity index (χ3n) is 5.47. The van der Waals surface area contributed by atoms with Gasteiger partial charge in [-0.15, -0.1) is 13.2 Å². The van der Waals surface area contributed by atoms with Crippen molar-refractivity contribution in [1.82, 2.24) is 5.01 Å². The molecule has 6 nitrogen and oxygen atoms in total. The molecule has 1 heterocycles. The van der Waals surface area contributed by atoms with E-state index in [-0.39, 0.29) is 17.6 Å². The van der Waals surface area contributed by atoms with Gasteiger partial charge in [-0.25, -0.2) is 5.01 Å². The van der Waals surface area contributed by atoms with Gasteiger partial charge >= 0.3 is 6.36 Å². The van der Waals surface area contributed by atoms with Crippen LogP contribution in [0.4, 0.5) is 13.2 Å². The van der Waals surface area contributed by atoms with Crippen LogP contribution in [0.5, 0.6) is 5.75 Å². The first-order valence-corrected chi connectivity index (χ1v) is 13.8. The van der Waals surface area contributed by atoms with Crippen molar-refractivity contribution >= 4 is 52.1 Å². The summed E-state index contributed by atoms with van der Waals surface area (Å²) in [6, 6.07) is 23.0. The van der Waals surface area contributed by atoms with Crippen LogP contribution in [-0.2, 0) is 0 Å². The second-order valence-corrected chi connectivity index (χ2v) is 10.1. The van der Waals surface area contributed by atoms with Crippen LogP contribution >= 0.6 is 35.3 Å². The molecule has 1 atom stereocenters. The number of rotatable bonds is 5. The van der Waals surface area contributed by atoms with Gasteiger partial charge in [-0.1, -0.05) is 65.8 Å². The average Bonchev–Trinajstić information content (AvgIpc) is 2.91. The van der Waals surface area contributed by atoms with Crippen molar-refractivity contribution in [2.24, 2.45) is 20.2 Å². The third kappa shape index (κ3) is 7.68. The monoisotopic (exact) mass is 577 g/mol. The van der Waals surface area contributed by atoms with Crippen molar-refractivity contribution < 1.29 is 17.9 Å². The van der Waals surface area contributed by atoms with Crippen LogP contribution in [0.25, 0.3) is 0 Å². The van der Waals surface area contributed by atoms with Crippen LogP contribution in [-0.4, -0.2) is 41.0 Å². The number of benzene rings is 3. The number of guanidine groups is 1. The molecule has 12 heteroatoms. The van der Waals surface area contributed by atoms with Gasteiger partial charge in [-0.3, -0.25) is 0 Å². The van der Waals surface area contributed by atoms with Crippen molar-refractivity contribution in [3.8, 4) is 5.75 Å². The number of hydrogen-bond acceptors (Lipinski definition) is 5. The van der Waals surface area contributed by atoms with E-state index in [4.69, 9.17) is 22.4 Å². The zero-order valence-corrected chi connectivity index (χ0v) is 22.5. The summed E-state index contributed by atoms with van der Waals surface area (Å²) < 4.78 is 45.9. The standard InChI is InChI=1S/C26H23ClF3N5OS2/c1-37-24(31)32-25(34-38-21-13-11-20(12-14-21)36-26(28,29)30)35-16-15-22(17-5-3-2-4-6-17)23(33-35)18-7-9-19(27)10-8-18/h2-14,22H,15-16H2,1H3,(H2,31,32,34). The summed E-state index contributed by atoms with van der Waals surface area (Å²) in [5.74, 6) is 0.0110. The van der Waals surface area contributed by atoms with E-state index in [1.165, 1.54) is 36.0 Å². The lowest BCUT2D eigenvalue weighted by atomic mass is 9.86. The van der Waals surface area contributed by atoms with Crippen LogP contribution < -0.4 is 10.5 Å². The number of ether oxygens (including phenoxy) is 1. The maximum Gasteiger partial charge on any atom is 0.573 e. The van der Waals surface area contributed by atoms with E-state index in [1.54, 1.807) is 11.3 Å². The van der Waals surface area contributed by atoms with E-state index in [9.17, 15) is 13.2 Å². The Hall–Kier alpha value is -3.15. The van der Waals surface area contributed by atoms with Crippen molar-refractivity contribution in [2.45, 2.75) is 23.6 Å². The van der Waals surface area contributed by atoms with Crippen molar-refractivity contribution in [3.05, 3.63) is 95.0 Å². The van der Waals surface area contributed by atoms with E-state index in [0.717, 1.165) is 35.2 Å². The summed E-state index contributed by atoms with van der Waals surface area (Å²) in [5, 5.41) is 7.56. The molecule has 0 aliphatic carbocycles. The third-order valence-corrected chi connectivity index (χ3v) is 6.97. The van der Waals surface area contributed by atoms with Gasteiger partial charge in [0.25, 0.3) is 5.96 Å². The quantitative estimate of drug-likeness (QED) is 0.198. The minimum atomic E-state index is -4.75. The molecule has 0 fully saturated rings. The summed E-state index contributed by atoms with van der Waals surface area (Å²) in [7, 11) is 0. The molecule has 198 valence electrons. The van der Waals surface area contributed by atoms with Crippen molar-refractivity contribution in [1.29, 1.82) is 0 Å². The fraction of sp³-hybridized carbons (Fsp3) is 0.192. The van der Waals surface area contributed by atoms with Gasteiger partial charge in [-0.2, -0.15) is 14.5 Å². The Morgan fingerprint density at radius 2 is 1.74 bits per heavy atom. The highest BCUT2D eigenvalue weighted by molar-refractivity contribution is 8.13. The molecule has 0 amide bonds. The second-order valence-electron chi connectivity index (χ2n) is 8.02.